The molecule has 21 heavy (non-hydrogen) atoms. The Morgan fingerprint density at radius 3 is 2.67 bits per heavy atom. The number of hydrogen-bond donors (Lipinski definition) is 0. The summed E-state index contributed by atoms with van der Waals surface area (Å²) in [7, 11) is 0. The quantitative estimate of drug-likeness (QED) is 0.798. The van der Waals surface area contributed by atoms with Crippen molar-refractivity contribution in [3.63, 3.8) is 0 Å². The molecule has 1 aromatic rings. The lowest BCUT2D eigenvalue weighted by Crippen LogP contribution is -2.46. The molecule has 0 unspecified atom stereocenters. The van der Waals surface area contributed by atoms with Crippen LogP contribution in [0.4, 0.5) is 0 Å². The van der Waals surface area contributed by atoms with E-state index < -0.39 is 0 Å². The molecule has 2 fully saturated rings. The van der Waals surface area contributed by atoms with Crippen LogP contribution in [-0.2, 0) is 4.79 Å². The van der Waals surface area contributed by atoms with Crippen LogP contribution in [0.15, 0.2) is 35.7 Å². The lowest BCUT2D eigenvalue weighted by atomic mass is 9.77. The Morgan fingerprint density at radius 1 is 1.33 bits per heavy atom. The van der Waals surface area contributed by atoms with Gasteiger partial charge in [-0.15, -0.1) is 6.58 Å². The Balaban J connectivity index is 1.64. The van der Waals surface area contributed by atoms with Gasteiger partial charge in [-0.05, 0) is 25.3 Å². The Morgan fingerprint density at radius 2 is 2.05 bits per heavy atom. The minimum absolute atomic E-state index is 0.00741. The minimum atomic E-state index is -0.254. The largest absolute Gasteiger partial charge is 0.472 e. The maximum absolute atomic E-state index is 12.5. The van der Waals surface area contributed by atoms with E-state index in [-0.39, 0.29) is 17.2 Å². The van der Waals surface area contributed by atoms with Crippen molar-refractivity contribution in [2.24, 2.45) is 5.41 Å². The topological polar surface area (TPSA) is 53.8 Å². The van der Waals surface area contributed by atoms with Crippen molar-refractivity contribution in [3.05, 3.63) is 36.8 Å². The van der Waals surface area contributed by atoms with Crippen LogP contribution in [0.1, 0.15) is 29.6 Å². The van der Waals surface area contributed by atoms with Crippen molar-refractivity contribution in [1.29, 1.82) is 0 Å². The number of piperidine rings is 1. The average Bonchev–Trinajstić information content (AvgIpc) is 3.13. The maximum Gasteiger partial charge on any atom is 0.257 e. The first-order valence-electron chi connectivity index (χ1n) is 7.38. The smallest absolute Gasteiger partial charge is 0.257 e. The number of amides is 2. The molecule has 0 aromatic carbocycles. The molecule has 5 heteroatoms. The fourth-order valence-electron chi connectivity index (χ4n) is 3.39. The van der Waals surface area contributed by atoms with Crippen molar-refractivity contribution in [2.75, 3.05) is 26.2 Å². The molecule has 0 atom stereocenters. The molecule has 0 radical (unpaired) electrons. The Bertz CT molecular complexity index is 542. The molecule has 1 aromatic heterocycles. The van der Waals surface area contributed by atoms with Gasteiger partial charge in [-0.3, -0.25) is 9.59 Å². The van der Waals surface area contributed by atoms with E-state index >= 15 is 0 Å². The third-order valence-electron chi connectivity index (χ3n) is 4.73. The first kappa shape index (κ1) is 13.9. The summed E-state index contributed by atoms with van der Waals surface area (Å²) in [4.78, 5) is 28.5. The number of hydrogen-bond acceptors (Lipinski definition) is 3. The predicted octanol–water partition coefficient (Wildman–Crippen LogP) is 1.92. The van der Waals surface area contributed by atoms with E-state index in [1.54, 1.807) is 12.1 Å². The second-order valence-corrected chi connectivity index (χ2v) is 5.87. The maximum atomic E-state index is 12.5. The number of likely N-dealkylation sites (tertiary alicyclic amines) is 2. The van der Waals surface area contributed by atoms with Crippen LogP contribution < -0.4 is 0 Å². The molecular weight excluding hydrogens is 268 g/mol. The molecule has 2 amide bonds. The summed E-state index contributed by atoms with van der Waals surface area (Å²) < 4.78 is 4.96. The number of carbonyl (C=O) groups excluding carboxylic acids is 2. The van der Waals surface area contributed by atoms with Crippen molar-refractivity contribution >= 4 is 11.8 Å². The standard InChI is InChI=1S/C16H20N2O3/c1-2-7-18-10-6-16(15(18)20)4-8-17(9-5-16)14(19)13-3-11-21-12-13/h2-3,11-12H,1,4-10H2. The van der Waals surface area contributed by atoms with E-state index in [0.29, 0.717) is 25.2 Å². The average molecular weight is 288 g/mol. The predicted molar refractivity (Wildman–Crippen MR) is 77.7 cm³/mol. The summed E-state index contributed by atoms with van der Waals surface area (Å²) in [5, 5.41) is 0. The van der Waals surface area contributed by atoms with E-state index in [1.807, 2.05) is 9.80 Å². The van der Waals surface area contributed by atoms with Gasteiger partial charge in [0.05, 0.1) is 17.2 Å². The molecule has 1 spiro atoms. The summed E-state index contributed by atoms with van der Waals surface area (Å²) in [6.07, 6.45) is 7.15. The van der Waals surface area contributed by atoms with Crippen LogP contribution in [0, 0.1) is 5.41 Å². The van der Waals surface area contributed by atoms with Crippen LogP contribution in [0.3, 0.4) is 0 Å². The highest BCUT2D eigenvalue weighted by molar-refractivity contribution is 5.94. The molecule has 112 valence electrons. The first-order chi connectivity index (χ1) is 10.2. The van der Waals surface area contributed by atoms with Crippen LogP contribution in [0.5, 0.6) is 0 Å². The Kier molecular flexibility index (Phi) is 3.57. The fraction of sp³-hybridized carbons (Fsp3) is 0.500. The van der Waals surface area contributed by atoms with E-state index in [1.165, 1.54) is 12.5 Å². The van der Waals surface area contributed by atoms with Crippen LogP contribution in [0.25, 0.3) is 0 Å². The molecule has 2 aliphatic rings. The highest BCUT2D eigenvalue weighted by atomic mass is 16.3. The van der Waals surface area contributed by atoms with E-state index in [0.717, 1.165) is 25.8 Å². The van der Waals surface area contributed by atoms with Crippen molar-refractivity contribution in [3.8, 4) is 0 Å². The van der Waals surface area contributed by atoms with Crippen LogP contribution in [0.2, 0.25) is 0 Å². The lowest BCUT2D eigenvalue weighted by Gasteiger charge is -2.37. The molecule has 2 saturated heterocycles. The van der Waals surface area contributed by atoms with Gasteiger partial charge in [-0.1, -0.05) is 6.08 Å². The Labute approximate surface area is 124 Å². The number of carbonyl (C=O) groups is 2. The van der Waals surface area contributed by atoms with E-state index in [9.17, 15) is 9.59 Å². The van der Waals surface area contributed by atoms with Gasteiger partial charge in [0.25, 0.3) is 5.91 Å². The fourth-order valence-corrected chi connectivity index (χ4v) is 3.39. The summed E-state index contributed by atoms with van der Waals surface area (Å²) in [6.45, 7) is 6.40. The summed E-state index contributed by atoms with van der Waals surface area (Å²) in [5.74, 6) is 0.227. The number of furan rings is 1. The summed E-state index contributed by atoms with van der Waals surface area (Å²) in [5.41, 5.74) is 0.327. The second kappa shape index (κ2) is 5.39. The zero-order valence-corrected chi connectivity index (χ0v) is 12.1. The third kappa shape index (κ3) is 2.37. The van der Waals surface area contributed by atoms with Gasteiger partial charge < -0.3 is 14.2 Å². The van der Waals surface area contributed by atoms with Gasteiger partial charge in [-0.25, -0.2) is 0 Å². The molecule has 0 saturated carbocycles. The zero-order valence-electron chi connectivity index (χ0n) is 12.1. The highest BCUT2D eigenvalue weighted by Gasteiger charge is 2.48. The van der Waals surface area contributed by atoms with Crippen molar-refractivity contribution in [2.45, 2.75) is 19.3 Å². The number of rotatable bonds is 3. The molecule has 3 rings (SSSR count). The van der Waals surface area contributed by atoms with Gasteiger partial charge in [0.15, 0.2) is 0 Å². The van der Waals surface area contributed by atoms with E-state index in [2.05, 4.69) is 6.58 Å². The van der Waals surface area contributed by atoms with Gasteiger partial charge in [-0.2, -0.15) is 0 Å². The van der Waals surface area contributed by atoms with Crippen molar-refractivity contribution < 1.29 is 14.0 Å². The van der Waals surface area contributed by atoms with Crippen LogP contribution in [-0.4, -0.2) is 47.8 Å². The minimum Gasteiger partial charge on any atom is -0.472 e. The number of nitrogens with zero attached hydrogens (tertiary/aromatic N) is 2. The SMILES string of the molecule is C=CCN1CCC2(CCN(C(=O)c3ccoc3)CC2)C1=O. The molecule has 5 nitrogen and oxygen atoms in total. The third-order valence-corrected chi connectivity index (χ3v) is 4.73. The lowest BCUT2D eigenvalue weighted by molar-refractivity contribution is -0.137. The first-order valence-corrected chi connectivity index (χ1v) is 7.38. The summed E-state index contributed by atoms with van der Waals surface area (Å²) >= 11 is 0. The van der Waals surface area contributed by atoms with Gasteiger partial charge >= 0.3 is 0 Å². The zero-order chi connectivity index (χ0) is 14.9. The van der Waals surface area contributed by atoms with Crippen molar-refractivity contribution in [1.82, 2.24) is 9.80 Å². The van der Waals surface area contributed by atoms with E-state index in [4.69, 9.17) is 4.42 Å². The van der Waals surface area contributed by atoms with Gasteiger partial charge in [0.2, 0.25) is 5.91 Å². The Hall–Kier alpha value is -2.04. The molecule has 0 aliphatic carbocycles. The normalized spacial score (nSPS) is 21.0. The molecule has 2 aliphatic heterocycles. The monoisotopic (exact) mass is 288 g/mol. The molecule has 3 heterocycles. The molecule has 0 N–H and O–H groups in total. The molecule has 0 bridgehead atoms. The second-order valence-electron chi connectivity index (χ2n) is 5.87. The highest BCUT2D eigenvalue weighted by Crippen LogP contribution is 2.41. The van der Waals surface area contributed by atoms with Crippen LogP contribution >= 0.6 is 0 Å². The molecular formula is C16H20N2O3. The van der Waals surface area contributed by atoms with Gasteiger partial charge in [0.1, 0.15) is 6.26 Å². The summed E-state index contributed by atoms with van der Waals surface area (Å²) in [6, 6.07) is 1.68. The van der Waals surface area contributed by atoms with Gasteiger partial charge in [0, 0.05) is 26.2 Å².